The number of rotatable bonds is 7. The van der Waals surface area contributed by atoms with E-state index in [1.165, 1.54) is 0 Å². The second-order valence-corrected chi connectivity index (χ2v) is 7.73. The fraction of sp³-hybridized carbons (Fsp3) is 0.292. The summed E-state index contributed by atoms with van der Waals surface area (Å²) < 4.78 is 11.5. The monoisotopic (exact) mass is 447 g/mol. The number of nitrogens with zero attached hydrogens (tertiary/aromatic N) is 3. The van der Waals surface area contributed by atoms with Gasteiger partial charge in [-0.15, -0.1) is 0 Å². The maximum Gasteiger partial charge on any atom is 1.00 e. The largest absolute Gasteiger partial charge is 1.00 e. The van der Waals surface area contributed by atoms with E-state index < -0.39 is 0 Å². The van der Waals surface area contributed by atoms with Crippen molar-refractivity contribution in [2.45, 2.75) is 13.2 Å². The van der Waals surface area contributed by atoms with Crippen LogP contribution in [0.4, 0.5) is 5.82 Å². The van der Waals surface area contributed by atoms with Crippen molar-refractivity contribution in [3.05, 3.63) is 83.0 Å². The summed E-state index contributed by atoms with van der Waals surface area (Å²) in [5, 5.41) is 0.700. The van der Waals surface area contributed by atoms with Gasteiger partial charge in [0.2, 0.25) is 0 Å². The zero-order valence-electron chi connectivity index (χ0n) is 19.1. The fourth-order valence-electron chi connectivity index (χ4n) is 3.62. The molecule has 4 rings (SSSR count). The number of anilines is 1. The Bertz CT molecular complexity index is 958. The third kappa shape index (κ3) is 6.37. The van der Waals surface area contributed by atoms with Crippen LogP contribution in [0.3, 0.4) is 0 Å². The summed E-state index contributed by atoms with van der Waals surface area (Å²) in [6.45, 7) is 5.07. The summed E-state index contributed by atoms with van der Waals surface area (Å²) in [4.78, 5) is 9.18. The zero-order chi connectivity index (χ0) is 20.8. The summed E-state index contributed by atoms with van der Waals surface area (Å²) >= 11 is 6.60. The van der Waals surface area contributed by atoms with E-state index in [0.29, 0.717) is 23.1 Å². The van der Waals surface area contributed by atoms with E-state index >= 15 is 0 Å². The van der Waals surface area contributed by atoms with Gasteiger partial charge in [-0.25, -0.2) is 4.98 Å². The topological polar surface area (TPSA) is 37.8 Å². The minimum atomic E-state index is 0. The van der Waals surface area contributed by atoms with Crippen molar-refractivity contribution < 1.29 is 40.5 Å². The molecule has 31 heavy (non-hydrogen) atoms. The van der Waals surface area contributed by atoms with Gasteiger partial charge in [0, 0.05) is 50.0 Å². The maximum atomic E-state index is 6.60. The molecule has 0 radical (unpaired) electrons. The summed E-state index contributed by atoms with van der Waals surface area (Å²) in [5.74, 6) is 2.41. The Morgan fingerprint density at radius 3 is 2.39 bits per heavy atom. The van der Waals surface area contributed by atoms with Crippen molar-refractivity contribution in [3.63, 3.8) is 0 Å². The van der Waals surface area contributed by atoms with Crippen LogP contribution in [0.5, 0.6) is 11.5 Å². The van der Waals surface area contributed by atoms with Crippen LogP contribution in [0.2, 0.25) is 5.02 Å². The first-order valence-electron chi connectivity index (χ1n) is 10.1. The number of pyridine rings is 1. The van der Waals surface area contributed by atoms with Gasteiger partial charge in [0.15, 0.2) is 11.5 Å². The third-order valence-electron chi connectivity index (χ3n) is 5.31. The van der Waals surface area contributed by atoms with Gasteiger partial charge in [-0.05, 0) is 29.3 Å². The second kappa shape index (κ2) is 11.7. The SMILES string of the molecule is COc1cc(CN2CCN(c3ccccn3)CC2)c(Cl)cc1OCc1ccccc1.[H-].[Na+]. The molecule has 5 nitrogen and oxygen atoms in total. The molecule has 1 aliphatic heterocycles. The Hall–Kier alpha value is -1.76. The molecule has 1 fully saturated rings. The van der Waals surface area contributed by atoms with Gasteiger partial charge >= 0.3 is 29.6 Å². The van der Waals surface area contributed by atoms with Crippen LogP contribution in [0.25, 0.3) is 0 Å². The Morgan fingerprint density at radius 2 is 1.71 bits per heavy atom. The molecule has 7 heteroatoms. The smallest absolute Gasteiger partial charge is 1.00 e. The summed E-state index contributed by atoms with van der Waals surface area (Å²) in [6, 6.07) is 20.0. The first-order chi connectivity index (χ1) is 14.7. The van der Waals surface area contributed by atoms with Gasteiger partial charge in [-0.2, -0.15) is 0 Å². The summed E-state index contributed by atoms with van der Waals surface area (Å²) in [5.41, 5.74) is 2.15. The summed E-state index contributed by atoms with van der Waals surface area (Å²) in [6.07, 6.45) is 1.84. The number of benzene rings is 2. The molecule has 158 valence electrons. The molecule has 0 aliphatic carbocycles. The molecule has 0 atom stereocenters. The van der Waals surface area contributed by atoms with Crippen LogP contribution < -0.4 is 43.9 Å². The van der Waals surface area contributed by atoms with E-state index in [2.05, 4.69) is 20.9 Å². The molecule has 0 N–H and O–H groups in total. The second-order valence-electron chi connectivity index (χ2n) is 7.32. The average Bonchev–Trinajstić information content (AvgIpc) is 2.81. The Kier molecular flexibility index (Phi) is 9.05. The first-order valence-corrected chi connectivity index (χ1v) is 10.5. The first kappa shape index (κ1) is 23.9. The van der Waals surface area contributed by atoms with E-state index in [4.69, 9.17) is 21.1 Å². The number of methoxy groups -OCH3 is 1. The number of ether oxygens (including phenoxy) is 2. The molecule has 0 bridgehead atoms. The molecule has 2 heterocycles. The van der Waals surface area contributed by atoms with Crippen molar-refractivity contribution >= 4 is 17.4 Å². The number of piperazine rings is 1. The van der Waals surface area contributed by atoms with E-state index in [1.807, 2.05) is 60.8 Å². The van der Waals surface area contributed by atoms with Gasteiger partial charge in [0.05, 0.1) is 7.11 Å². The van der Waals surface area contributed by atoms with Crippen molar-refractivity contribution in [2.24, 2.45) is 0 Å². The molecular weight excluding hydrogens is 421 g/mol. The van der Waals surface area contributed by atoms with E-state index in [-0.39, 0.29) is 31.0 Å². The Balaban J connectivity index is 0.00000181. The molecule has 1 aromatic heterocycles. The van der Waals surface area contributed by atoms with E-state index in [0.717, 1.165) is 49.7 Å². The minimum absolute atomic E-state index is 0. The molecule has 0 saturated carbocycles. The standard InChI is InChI=1S/C24H26ClN3O2.Na.H/c1-29-22-15-20(21(25)16-23(22)30-18-19-7-3-2-4-8-19)17-27-11-13-28(14-12-27)24-9-5-6-10-26-24;;/h2-10,15-16H,11-14,17-18H2,1H3;;/q;+1;-1. The van der Waals surface area contributed by atoms with Crippen molar-refractivity contribution in [3.8, 4) is 11.5 Å². The molecular formula is C24H27ClN3NaO2. The van der Waals surface area contributed by atoms with Gasteiger partial charge < -0.3 is 15.8 Å². The minimum Gasteiger partial charge on any atom is -1.00 e. The summed E-state index contributed by atoms with van der Waals surface area (Å²) in [7, 11) is 1.66. The average molecular weight is 448 g/mol. The van der Waals surface area contributed by atoms with Crippen LogP contribution in [0, 0.1) is 0 Å². The normalized spacial score (nSPS) is 14.1. The Morgan fingerprint density at radius 1 is 0.968 bits per heavy atom. The van der Waals surface area contributed by atoms with Gasteiger partial charge in [0.25, 0.3) is 0 Å². The van der Waals surface area contributed by atoms with Crippen LogP contribution in [0.1, 0.15) is 12.6 Å². The number of aromatic nitrogens is 1. The van der Waals surface area contributed by atoms with Crippen LogP contribution in [-0.2, 0) is 13.2 Å². The third-order valence-corrected chi connectivity index (χ3v) is 5.66. The molecule has 1 saturated heterocycles. The molecule has 2 aromatic carbocycles. The predicted octanol–water partition coefficient (Wildman–Crippen LogP) is 1.76. The number of hydrogen-bond donors (Lipinski definition) is 0. The van der Waals surface area contributed by atoms with Gasteiger partial charge in [-0.1, -0.05) is 48.0 Å². The van der Waals surface area contributed by atoms with Crippen LogP contribution in [0.15, 0.2) is 66.9 Å². The maximum absolute atomic E-state index is 6.60. The molecule has 0 unspecified atom stereocenters. The van der Waals surface area contributed by atoms with E-state index in [1.54, 1.807) is 7.11 Å². The van der Waals surface area contributed by atoms with Gasteiger partial charge in [-0.3, -0.25) is 4.90 Å². The molecule has 0 spiro atoms. The number of hydrogen-bond acceptors (Lipinski definition) is 5. The van der Waals surface area contributed by atoms with Crippen LogP contribution >= 0.6 is 11.6 Å². The molecule has 3 aromatic rings. The van der Waals surface area contributed by atoms with E-state index in [9.17, 15) is 0 Å². The van der Waals surface area contributed by atoms with Crippen molar-refractivity contribution in [1.29, 1.82) is 0 Å². The predicted molar refractivity (Wildman–Crippen MR) is 122 cm³/mol. The fourth-order valence-corrected chi connectivity index (χ4v) is 3.84. The van der Waals surface area contributed by atoms with Crippen molar-refractivity contribution in [2.75, 3.05) is 38.2 Å². The molecule has 1 aliphatic rings. The van der Waals surface area contributed by atoms with Crippen molar-refractivity contribution in [1.82, 2.24) is 9.88 Å². The Labute approximate surface area is 212 Å². The van der Waals surface area contributed by atoms with Gasteiger partial charge in [0.1, 0.15) is 12.4 Å². The zero-order valence-corrected chi connectivity index (χ0v) is 20.9. The number of halogens is 1. The van der Waals surface area contributed by atoms with Crippen LogP contribution in [-0.4, -0.2) is 43.2 Å². The quantitative estimate of drug-likeness (QED) is 0.516. The molecule has 0 amide bonds.